The second-order valence-electron chi connectivity index (χ2n) is 7.73. The first kappa shape index (κ1) is 26.6. The highest BCUT2D eigenvalue weighted by Gasteiger charge is 2.62. The number of hydrogen-bond donors (Lipinski definition) is 2. The van der Waals surface area contributed by atoms with E-state index >= 15 is 0 Å². The van der Waals surface area contributed by atoms with Crippen LogP contribution in [0.15, 0.2) is 34.1 Å². The fourth-order valence-corrected chi connectivity index (χ4v) is 3.87. The van der Waals surface area contributed by atoms with Crippen LogP contribution in [0.4, 0.5) is 13.2 Å². The predicted molar refractivity (Wildman–Crippen MR) is 120 cm³/mol. The van der Waals surface area contributed by atoms with Crippen molar-refractivity contribution in [1.29, 1.82) is 0 Å². The van der Waals surface area contributed by atoms with Crippen LogP contribution < -0.4 is 10.9 Å². The number of amides is 1. The third-order valence-corrected chi connectivity index (χ3v) is 5.81. The van der Waals surface area contributed by atoms with Gasteiger partial charge in [-0.15, -0.1) is 0 Å². The van der Waals surface area contributed by atoms with Gasteiger partial charge in [0.25, 0.3) is 5.60 Å². The average Bonchev–Trinajstić information content (AvgIpc) is 3.15. The molecule has 0 saturated carbocycles. The van der Waals surface area contributed by atoms with Crippen LogP contribution in [0.25, 0.3) is 0 Å². The Bertz CT molecular complexity index is 882. The third kappa shape index (κ3) is 6.45. The molecule has 2 rings (SSSR count). The van der Waals surface area contributed by atoms with E-state index in [1.54, 1.807) is 13.8 Å². The fourth-order valence-electron chi connectivity index (χ4n) is 3.22. The third-order valence-electron chi connectivity index (χ3n) is 5.14. The SMILES string of the molecule is CCCCC(=O)NN/C(CC(C)C1=NOC(c2cc(Cl)cc(Cl)c2)(C(F)(F)F)C1)=C(/C)Cl. The topological polar surface area (TPSA) is 62.7 Å². The van der Waals surface area contributed by atoms with Gasteiger partial charge in [-0.1, -0.05) is 60.2 Å². The monoisotopic (exact) mass is 513 g/mol. The number of rotatable bonds is 9. The van der Waals surface area contributed by atoms with Crippen LogP contribution in [0, 0.1) is 5.92 Å². The Morgan fingerprint density at radius 1 is 1.25 bits per heavy atom. The van der Waals surface area contributed by atoms with E-state index in [2.05, 4.69) is 16.0 Å². The first-order valence-electron chi connectivity index (χ1n) is 10.1. The summed E-state index contributed by atoms with van der Waals surface area (Å²) in [6.45, 7) is 5.30. The molecule has 1 aliphatic heterocycles. The number of carbonyl (C=O) groups excluding carboxylic acids is 1. The minimum absolute atomic E-state index is 0.0622. The van der Waals surface area contributed by atoms with Crippen LogP contribution in [-0.2, 0) is 15.2 Å². The minimum atomic E-state index is -4.77. The molecule has 32 heavy (non-hydrogen) atoms. The smallest absolute Gasteiger partial charge is 0.374 e. The van der Waals surface area contributed by atoms with Gasteiger partial charge in [0.15, 0.2) is 0 Å². The molecule has 178 valence electrons. The summed E-state index contributed by atoms with van der Waals surface area (Å²) in [4.78, 5) is 16.9. The molecular weight excluding hydrogens is 490 g/mol. The van der Waals surface area contributed by atoms with Crippen LogP contribution in [-0.4, -0.2) is 17.8 Å². The molecule has 0 fully saturated rings. The molecule has 1 heterocycles. The number of oxime groups is 1. The second-order valence-corrected chi connectivity index (χ2v) is 9.17. The van der Waals surface area contributed by atoms with Crippen LogP contribution >= 0.6 is 34.8 Å². The lowest BCUT2D eigenvalue weighted by molar-refractivity contribution is -0.275. The zero-order valence-electron chi connectivity index (χ0n) is 17.9. The number of carbonyl (C=O) groups is 1. The van der Waals surface area contributed by atoms with Crippen molar-refractivity contribution < 1.29 is 22.8 Å². The minimum Gasteiger partial charge on any atom is -0.374 e. The standard InChI is InChI=1S/C21H25Cl3F3N3O2/c1-4-5-6-19(31)29-28-17(13(3)22)7-12(2)18-11-20(32-30-18,21(25,26)27)14-8-15(23)10-16(24)9-14/h8-10,12,28H,4-7,11H2,1-3H3,(H,29,31)/b17-13-. The number of halogens is 6. The molecule has 2 atom stereocenters. The number of hydrazine groups is 1. The van der Waals surface area contributed by atoms with Gasteiger partial charge in [-0.3, -0.25) is 10.2 Å². The van der Waals surface area contributed by atoms with Gasteiger partial charge in [-0.2, -0.15) is 13.2 Å². The number of benzene rings is 1. The number of hydrogen-bond acceptors (Lipinski definition) is 4. The number of alkyl halides is 3. The van der Waals surface area contributed by atoms with E-state index in [0.29, 0.717) is 17.2 Å². The highest BCUT2D eigenvalue weighted by atomic mass is 35.5. The Kier molecular flexibility index (Phi) is 9.14. The molecule has 5 nitrogen and oxygen atoms in total. The molecule has 0 spiro atoms. The van der Waals surface area contributed by atoms with Crippen LogP contribution in [0.2, 0.25) is 10.0 Å². The predicted octanol–water partition coefficient (Wildman–Crippen LogP) is 6.83. The van der Waals surface area contributed by atoms with Crippen molar-refractivity contribution in [2.24, 2.45) is 11.1 Å². The van der Waals surface area contributed by atoms with Gasteiger partial charge in [0.05, 0.1) is 5.71 Å². The van der Waals surface area contributed by atoms with Gasteiger partial charge in [0.1, 0.15) is 0 Å². The first-order chi connectivity index (χ1) is 14.9. The molecular formula is C21H25Cl3F3N3O2. The number of unbranched alkanes of at least 4 members (excludes halogenated alkanes) is 1. The summed E-state index contributed by atoms with van der Waals surface area (Å²) in [5.41, 5.74) is 3.10. The highest BCUT2D eigenvalue weighted by molar-refractivity contribution is 6.34. The maximum atomic E-state index is 14.1. The zero-order chi connectivity index (χ0) is 24.1. The first-order valence-corrected chi connectivity index (χ1v) is 11.2. The average molecular weight is 515 g/mol. The molecule has 0 bridgehead atoms. The summed E-state index contributed by atoms with van der Waals surface area (Å²) in [6, 6.07) is 3.69. The lowest BCUT2D eigenvalue weighted by Gasteiger charge is -2.30. The second kappa shape index (κ2) is 11.0. The summed E-state index contributed by atoms with van der Waals surface area (Å²) in [7, 11) is 0. The molecule has 11 heteroatoms. The summed E-state index contributed by atoms with van der Waals surface area (Å²) >= 11 is 18.0. The molecule has 0 radical (unpaired) electrons. The molecule has 0 aliphatic carbocycles. The van der Waals surface area contributed by atoms with Crippen molar-refractivity contribution in [3.05, 3.63) is 44.5 Å². The van der Waals surface area contributed by atoms with Gasteiger partial charge in [0, 0.05) is 45.1 Å². The number of allylic oxidation sites excluding steroid dienone is 2. The molecule has 2 N–H and O–H groups in total. The maximum Gasteiger partial charge on any atom is 0.435 e. The van der Waals surface area contributed by atoms with E-state index in [1.807, 2.05) is 6.92 Å². The molecule has 1 aromatic carbocycles. The van der Waals surface area contributed by atoms with Crippen molar-refractivity contribution in [2.45, 2.75) is 64.7 Å². The maximum absolute atomic E-state index is 14.1. The van der Waals surface area contributed by atoms with E-state index in [9.17, 15) is 18.0 Å². The molecule has 1 amide bonds. The van der Waals surface area contributed by atoms with Crippen molar-refractivity contribution in [1.82, 2.24) is 10.9 Å². The van der Waals surface area contributed by atoms with Crippen molar-refractivity contribution in [3.63, 3.8) is 0 Å². The van der Waals surface area contributed by atoms with Crippen molar-refractivity contribution in [2.75, 3.05) is 0 Å². The van der Waals surface area contributed by atoms with E-state index in [1.165, 1.54) is 18.2 Å². The summed E-state index contributed by atoms with van der Waals surface area (Å²) in [5.74, 6) is -0.664. The number of nitrogens with zero attached hydrogens (tertiary/aromatic N) is 1. The van der Waals surface area contributed by atoms with Crippen molar-refractivity contribution >= 4 is 46.4 Å². The van der Waals surface area contributed by atoms with Gasteiger partial charge >= 0.3 is 6.18 Å². The van der Waals surface area contributed by atoms with Gasteiger partial charge in [0.2, 0.25) is 5.91 Å². The number of nitrogens with one attached hydrogen (secondary N) is 2. The Morgan fingerprint density at radius 3 is 2.41 bits per heavy atom. The van der Waals surface area contributed by atoms with Gasteiger partial charge in [-0.25, -0.2) is 0 Å². The normalized spacial score (nSPS) is 20.2. The van der Waals surface area contributed by atoms with E-state index in [-0.39, 0.29) is 33.6 Å². The molecule has 0 aromatic heterocycles. The van der Waals surface area contributed by atoms with Gasteiger partial charge in [-0.05, 0) is 38.0 Å². The lowest BCUT2D eigenvalue weighted by Crippen LogP contribution is -2.43. The summed E-state index contributed by atoms with van der Waals surface area (Å²) in [5, 5.41) is 4.26. The molecule has 2 unspecified atom stereocenters. The Labute approximate surface area is 200 Å². The molecule has 0 saturated heterocycles. The van der Waals surface area contributed by atoms with E-state index < -0.39 is 24.1 Å². The summed E-state index contributed by atoms with van der Waals surface area (Å²) < 4.78 is 42.4. The Morgan fingerprint density at radius 2 is 1.88 bits per heavy atom. The van der Waals surface area contributed by atoms with Crippen LogP contribution in [0.3, 0.4) is 0 Å². The van der Waals surface area contributed by atoms with Crippen molar-refractivity contribution in [3.8, 4) is 0 Å². The van der Waals surface area contributed by atoms with Crippen LogP contribution in [0.1, 0.15) is 58.4 Å². The van der Waals surface area contributed by atoms with Crippen LogP contribution in [0.5, 0.6) is 0 Å². The summed E-state index contributed by atoms with van der Waals surface area (Å²) in [6.07, 6.45) is -3.10. The quantitative estimate of drug-likeness (QED) is 0.355. The Balaban J connectivity index is 2.16. The highest BCUT2D eigenvalue weighted by Crippen LogP contribution is 2.50. The lowest BCUT2D eigenvalue weighted by atomic mass is 9.84. The molecule has 1 aromatic rings. The zero-order valence-corrected chi connectivity index (χ0v) is 20.1. The Hall–Kier alpha value is -1.64. The largest absolute Gasteiger partial charge is 0.435 e. The fraction of sp³-hybridized carbons (Fsp3) is 0.524. The van der Waals surface area contributed by atoms with E-state index in [4.69, 9.17) is 39.6 Å². The molecule has 1 aliphatic rings. The van der Waals surface area contributed by atoms with Gasteiger partial charge < -0.3 is 10.3 Å². The van der Waals surface area contributed by atoms with E-state index in [0.717, 1.165) is 12.8 Å².